The summed E-state index contributed by atoms with van der Waals surface area (Å²) in [6.07, 6.45) is 9.67. The first-order valence-electron chi connectivity index (χ1n) is 7.72. The summed E-state index contributed by atoms with van der Waals surface area (Å²) >= 11 is 0. The highest BCUT2D eigenvalue weighted by Gasteiger charge is 2.37. The Bertz CT molecular complexity index is 436. The van der Waals surface area contributed by atoms with Gasteiger partial charge in [-0.05, 0) is 37.7 Å². The number of morpholine rings is 1. The molecular weight excluding hydrogens is 252 g/mol. The smallest absolute Gasteiger partial charge is 0.225 e. The van der Waals surface area contributed by atoms with Crippen LogP contribution in [-0.4, -0.2) is 41.3 Å². The predicted octanol–water partition coefficient (Wildman–Crippen LogP) is 1.51. The number of rotatable bonds is 4. The van der Waals surface area contributed by atoms with Crippen LogP contribution < -0.4 is 10.6 Å². The predicted molar refractivity (Wildman–Crippen MR) is 78.7 cm³/mol. The zero-order valence-corrected chi connectivity index (χ0v) is 12.2. The molecule has 0 spiro atoms. The fourth-order valence-electron chi connectivity index (χ4n) is 3.22. The average molecular weight is 276 g/mol. The molecule has 5 nitrogen and oxygen atoms in total. The fraction of sp³-hybridized carbons (Fsp3) is 0.733. The molecule has 0 aromatic carbocycles. The van der Waals surface area contributed by atoms with Gasteiger partial charge in [0.15, 0.2) is 0 Å². The highest BCUT2D eigenvalue weighted by atomic mass is 16.5. The van der Waals surface area contributed by atoms with Crippen molar-refractivity contribution in [2.75, 3.05) is 18.1 Å². The molecule has 2 N–H and O–H groups in total. The van der Waals surface area contributed by atoms with E-state index >= 15 is 0 Å². The summed E-state index contributed by atoms with van der Waals surface area (Å²) in [5.74, 6) is 0.846. The van der Waals surface area contributed by atoms with Crippen LogP contribution >= 0.6 is 0 Å². The number of hydrogen-bond acceptors (Lipinski definition) is 5. The molecule has 2 fully saturated rings. The van der Waals surface area contributed by atoms with Crippen LogP contribution in [-0.2, 0) is 11.2 Å². The number of nitrogens with two attached hydrogens (primary N) is 1. The number of anilines is 1. The van der Waals surface area contributed by atoms with E-state index in [-0.39, 0.29) is 6.04 Å². The van der Waals surface area contributed by atoms with Gasteiger partial charge >= 0.3 is 0 Å². The van der Waals surface area contributed by atoms with Gasteiger partial charge in [-0.25, -0.2) is 9.97 Å². The topological polar surface area (TPSA) is 64.3 Å². The number of hydrogen-bond donors (Lipinski definition) is 1. The van der Waals surface area contributed by atoms with Crippen molar-refractivity contribution in [2.45, 2.75) is 57.2 Å². The third kappa shape index (κ3) is 2.79. The molecule has 1 aromatic heterocycles. The lowest BCUT2D eigenvalue weighted by Gasteiger charge is -2.37. The third-order valence-corrected chi connectivity index (χ3v) is 4.45. The molecule has 0 radical (unpaired) electrons. The first-order chi connectivity index (χ1) is 9.78. The first-order valence-corrected chi connectivity index (χ1v) is 7.72. The minimum atomic E-state index is 0.201. The van der Waals surface area contributed by atoms with Gasteiger partial charge in [0, 0.05) is 25.0 Å². The highest BCUT2D eigenvalue weighted by Crippen LogP contribution is 2.31. The van der Waals surface area contributed by atoms with Crippen LogP contribution in [0.2, 0.25) is 0 Å². The molecule has 1 saturated carbocycles. The summed E-state index contributed by atoms with van der Waals surface area (Å²) in [7, 11) is 0. The van der Waals surface area contributed by atoms with Crippen LogP contribution in [0.4, 0.5) is 5.95 Å². The summed E-state index contributed by atoms with van der Waals surface area (Å²) in [5, 5.41) is 0. The molecule has 1 aromatic rings. The van der Waals surface area contributed by atoms with Crippen molar-refractivity contribution in [2.24, 2.45) is 5.73 Å². The lowest BCUT2D eigenvalue weighted by Crippen LogP contribution is -2.49. The Labute approximate surface area is 120 Å². The van der Waals surface area contributed by atoms with E-state index < -0.39 is 0 Å². The number of aromatic nitrogens is 2. The summed E-state index contributed by atoms with van der Waals surface area (Å²) in [6, 6.07) is 0.666. The van der Waals surface area contributed by atoms with E-state index in [1.165, 1.54) is 19.3 Å². The average Bonchev–Trinajstić information content (AvgIpc) is 2.96. The SMILES string of the molecule is CCC(N)Cc1cnc(N2CCOC3CCCC32)nc1. The molecule has 1 saturated heterocycles. The summed E-state index contributed by atoms with van der Waals surface area (Å²) in [6.45, 7) is 3.79. The lowest BCUT2D eigenvalue weighted by molar-refractivity contribution is 0.0250. The fourth-order valence-corrected chi connectivity index (χ4v) is 3.22. The molecule has 3 rings (SSSR count). The Kier molecular flexibility index (Phi) is 4.17. The minimum Gasteiger partial charge on any atom is -0.374 e. The molecule has 20 heavy (non-hydrogen) atoms. The van der Waals surface area contributed by atoms with Gasteiger partial charge < -0.3 is 15.4 Å². The quantitative estimate of drug-likeness (QED) is 0.903. The van der Waals surface area contributed by atoms with E-state index in [0.29, 0.717) is 12.1 Å². The normalized spacial score (nSPS) is 27.4. The molecule has 0 amide bonds. The van der Waals surface area contributed by atoms with Gasteiger partial charge in [-0.1, -0.05) is 6.92 Å². The van der Waals surface area contributed by atoms with Gasteiger partial charge in [0.05, 0.1) is 18.8 Å². The second-order valence-corrected chi connectivity index (χ2v) is 5.86. The first kappa shape index (κ1) is 13.8. The molecule has 5 heteroatoms. The Morgan fingerprint density at radius 3 is 2.95 bits per heavy atom. The molecular formula is C15H24N4O. The van der Waals surface area contributed by atoms with Crippen molar-refractivity contribution >= 4 is 5.95 Å². The summed E-state index contributed by atoms with van der Waals surface area (Å²) in [4.78, 5) is 11.4. The van der Waals surface area contributed by atoms with E-state index in [9.17, 15) is 0 Å². The largest absolute Gasteiger partial charge is 0.374 e. The van der Waals surface area contributed by atoms with Gasteiger partial charge in [0.1, 0.15) is 0 Å². The second-order valence-electron chi connectivity index (χ2n) is 5.86. The van der Waals surface area contributed by atoms with Gasteiger partial charge in [0.2, 0.25) is 5.95 Å². The van der Waals surface area contributed by atoms with Gasteiger partial charge in [-0.15, -0.1) is 0 Å². The van der Waals surface area contributed by atoms with Crippen molar-refractivity contribution < 1.29 is 4.74 Å². The number of nitrogens with zero attached hydrogens (tertiary/aromatic N) is 3. The van der Waals surface area contributed by atoms with Crippen LogP contribution in [0.1, 0.15) is 38.2 Å². The Morgan fingerprint density at radius 2 is 2.20 bits per heavy atom. The van der Waals surface area contributed by atoms with E-state index in [0.717, 1.165) is 37.5 Å². The van der Waals surface area contributed by atoms with Crippen molar-refractivity contribution in [1.29, 1.82) is 0 Å². The van der Waals surface area contributed by atoms with E-state index in [2.05, 4.69) is 21.8 Å². The molecule has 1 aliphatic heterocycles. The summed E-state index contributed by atoms with van der Waals surface area (Å²) in [5.41, 5.74) is 7.10. The maximum atomic E-state index is 5.97. The molecule has 3 unspecified atom stereocenters. The van der Waals surface area contributed by atoms with Gasteiger partial charge in [-0.2, -0.15) is 0 Å². The van der Waals surface area contributed by atoms with Gasteiger partial charge in [0.25, 0.3) is 0 Å². The van der Waals surface area contributed by atoms with Crippen LogP contribution in [0.25, 0.3) is 0 Å². The molecule has 2 aliphatic rings. The minimum absolute atomic E-state index is 0.201. The monoisotopic (exact) mass is 276 g/mol. The van der Waals surface area contributed by atoms with E-state index in [1.807, 2.05) is 12.4 Å². The Balaban J connectivity index is 1.70. The zero-order valence-electron chi connectivity index (χ0n) is 12.2. The Morgan fingerprint density at radius 1 is 1.40 bits per heavy atom. The number of fused-ring (bicyclic) bond motifs is 1. The second kappa shape index (κ2) is 6.06. The molecule has 3 atom stereocenters. The molecule has 110 valence electrons. The third-order valence-electron chi connectivity index (χ3n) is 4.45. The van der Waals surface area contributed by atoms with E-state index in [1.54, 1.807) is 0 Å². The molecule has 1 aliphatic carbocycles. The maximum Gasteiger partial charge on any atom is 0.225 e. The van der Waals surface area contributed by atoms with Gasteiger partial charge in [-0.3, -0.25) is 0 Å². The van der Waals surface area contributed by atoms with E-state index in [4.69, 9.17) is 10.5 Å². The standard InChI is InChI=1S/C15H24N4O/c1-2-12(16)8-11-9-17-15(18-10-11)19-6-7-20-14-5-3-4-13(14)19/h9-10,12-14H,2-8,16H2,1H3. The van der Waals surface area contributed by atoms with Crippen molar-refractivity contribution in [3.63, 3.8) is 0 Å². The number of ether oxygens (including phenoxy) is 1. The lowest BCUT2D eigenvalue weighted by atomic mass is 10.1. The van der Waals surface area contributed by atoms with Crippen molar-refractivity contribution in [3.05, 3.63) is 18.0 Å². The Hall–Kier alpha value is -1.20. The van der Waals surface area contributed by atoms with Crippen LogP contribution in [0.5, 0.6) is 0 Å². The van der Waals surface area contributed by atoms with Crippen LogP contribution in [0, 0.1) is 0 Å². The van der Waals surface area contributed by atoms with Crippen LogP contribution in [0.3, 0.4) is 0 Å². The van der Waals surface area contributed by atoms with Crippen molar-refractivity contribution in [3.8, 4) is 0 Å². The van der Waals surface area contributed by atoms with Crippen LogP contribution in [0.15, 0.2) is 12.4 Å². The van der Waals surface area contributed by atoms with Crippen molar-refractivity contribution in [1.82, 2.24) is 9.97 Å². The molecule has 2 heterocycles. The maximum absolute atomic E-state index is 5.97. The summed E-state index contributed by atoms with van der Waals surface area (Å²) < 4.78 is 5.83. The molecule has 0 bridgehead atoms. The highest BCUT2D eigenvalue weighted by molar-refractivity contribution is 5.34. The zero-order chi connectivity index (χ0) is 13.9.